The minimum atomic E-state index is -4.62. The molecule has 1 aromatic carbocycles. The van der Waals surface area contributed by atoms with Gasteiger partial charge in [0.25, 0.3) is 0 Å². The maximum absolute atomic E-state index is 13.2. The van der Waals surface area contributed by atoms with Gasteiger partial charge < -0.3 is 14.5 Å². The molecule has 3 aromatic rings. The van der Waals surface area contributed by atoms with E-state index >= 15 is 0 Å². The van der Waals surface area contributed by atoms with Gasteiger partial charge in [0.2, 0.25) is 5.78 Å². The van der Waals surface area contributed by atoms with Crippen LogP contribution in [0, 0.1) is 5.41 Å². The number of ether oxygens (including phenoxy) is 1. The number of benzene rings is 1. The number of carbonyl (C=O) groups is 2. The second-order valence-electron chi connectivity index (χ2n) is 8.19. The van der Waals surface area contributed by atoms with E-state index in [1.165, 1.54) is 30.1 Å². The second kappa shape index (κ2) is 8.91. The normalized spacial score (nSPS) is 12.2. The Labute approximate surface area is 184 Å². The van der Waals surface area contributed by atoms with E-state index < -0.39 is 25.6 Å². The number of aromatic nitrogens is 3. The highest BCUT2D eigenvalue weighted by atomic mass is 31.2. The number of hydrogen-bond acceptors (Lipinski definition) is 7. The zero-order valence-corrected chi connectivity index (χ0v) is 19.0. The van der Waals surface area contributed by atoms with Crippen molar-refractivity contribution in [3.8, 4) is 5.75 Å². The maximum Gasteiger partial charge on any atom is 0.469 e. The number of phosphoric acid groups is 1. The SMILES string of the molecule is COc1ccc2c(C(=O)c3ccc(COP(=O)(O)O)nc3)nn(CC(=O)C(C)(C)C)c2c1. The number of methoxy groups -OCH3 is 1. The van der Waals surface area contributed by atoms with E-state index in [1.807, 2.05) is 20.8 Å². The Kier molecular flexibility index (Phi) is 6.61. The third kappa shape index (κ3) is 5.46. The number of Topliss-reactive ketones (excluding diaryl/α,β-unsaturated/α-hetero) is 1. The lowest BCUT2D eigenvalue weighted by Crippen LogP contribution is -2.25. The van der Waals surface area contributed by atoms with Gasteiger partial charge in [0.1, 0.15) is 24.6 Å². The van der Waals surface area contributed by atoms with Gasteiger partial charge in [0.15, 0.2) is 5.78 Å². The molecule has 0 spiro atoms. The predicted octanol–water partition coefficient (Wildman–Crippen LogP) is 2.90. The van der Waals surface area contributed by atoms with Gasteiger partial charge >= 0.3 is 7.82 Å². The van der Waals surface area contributed by atoms with Crippen molar-refractivity contribution in [2.45, 2.75) is 33.9 Å². The number of nitrogens with zero attached hydrogens (tertiary/aromatic N) is 3. The summed E-state index contributed by atoms with van der Waals surface area (Å²) in [4.78, 5) is 47.3. The molecule has 11 heteroatoms. The molecule has 10 nitrogen and oxygen atoms in total. The number of rotatable bonds is 8. The van der Waals surface area contributed by atoms with Crippen LogP contribution in [0.25, 0.3) is 10.9 Å². The maximum atomic E-state index is 13.2. The monoisotopic (exact) mass is 461 g/mol. The lowest BCUT2D eigenvalue weighted by Gasteiger charge is -2.16. The molecule has 0 amide bonds. The van der Waals surface area contributed by atoms with Gasteiger partial charge in [-0.3, -0.25) is 23.8 Å². The van der Waals surface area contributed by atoms with Gasteiger partial charge in [-0.15, -0.1) is 0 Å². The average molecular weight is 461 g/mol. The Balaban J connectivity index is 1.96. The van der Waals surface area contributed by atoms with Gasteiger partial charge in [-0.25, -0.2) is 4.57 Å². The molecule has 2 aromatic heterocycles. The highest BCUT2D eigenvalue weighted by Gasteiger charge is 2.25. The Morgan fingerprint density at radius 3 is 2.44 bits per heavy atom. The van der Waals surface area contributed by atoms with Crippen LogP contribution in [-0.4, -0.2) is 43.2 Å². The molecule has 3 rings (SSSR count). The standard InChI is InChI=1S/C21H24N3O7P/c1-21(2,3)18(25)11-24-17-9-15(30-4)7-8-16(17)19(23-24)20(26)13-5-6-14(22-10-13)12-31-32(27,28)29/h5-10H,11-12H2,1-4H3,(H2,27,28,29). The predicted molar refractivity (Wildman–Crippen MR) is 115 cm³/mol. The Hall–Kier alpha value is -2.91. The molecular weight excluding hydrogens is 437 g/mol. The fourth-order valence-corrected chi connectivity index (χ4v) is 3.17. The molecular formula is C21H24N3O7P. The molecule has 0 fully saturated rings. The molecule has 0 atom stereocenters. The van der Waals surface area contributed by atoms with E-state index in [0.717, 1.165) is 0 Å². The first-order chi connectivity index (χ1) is 14.9. The van der Waals surface area contributed by atoms with Gasteiger partial charge in [0.05, 0.1) is 18.3 Å². The third-order valence-corrected chi connectivity index (χ3v) is 5.24. The molecule has 0 saturated heterocycles. The van der Waals surface area contributed by atoms with Crippen molar-refractivity contribution < 1.29 is 33.2 Å². The van der Waals surface area contributed by atoms with E-state index in [9.17, 15) is 14.2 Å². The largest absolute Gasteiger partial charge is 0.497 e. The zero-order valence-electron chi connectivity index (χ0n) is 18.1. The van der Waals surface area contributed by atoms with Crippen molar-refractivity contribution in [3.63, 3.8) is 0 Å². The third-order valence-electron chi connectivity index (χ3n) is 4.77. The molecule has 0 saturated carbocycles. The van der Waals surface area contributed by atoms with Crippen molar-refractivity contribution in [2.75, 3.05) is 7.11 Å². The van der Waals surface area contributed by atoms with E-state index in [1.54, 1.807) is 18.2 Å². The van der Waals surface area contributed by atoms with E-state index in [0.29, 0.717) is 16.7 Å². The molecule has 0 radical (unpaired) electrons. The van der Waals surface area contributed by atoms with Crippen molar-refractivity contribution in [1.82, 2.24) is 14.8 Å². The fraction of sp³-hybridized carbons (Fsp3) is 0.333. The molecule has 0 aliphatic heterocycles. The van der Waals surface area contributed by atoms with Crippen LogP contribution in [0.15, 0.2) is 36.5 Å². The first-order valence-electron chi connectivity index (χ1n) is 9.66. The molecule has 0 aliphatic rings. The fourth-order valence-electron chi connectivity index (χ4n) is 2.87. The van der Waals surface area contributed by atoms with E-state index in [4.69, 9.17) is 14.5 Å². The molecule has 0 unspecified atom stereocenters. The summed E-state index contributed by atoms with van der Waals surface area (Å²) in [6.45, 7) is 5.05. The second-order valence-corrected chi connectivity index (χ2v) is 9.43. The quantitative estimate of drug-likeness (QED) is 0.383. The summed E-state index contributed by atoms with van der Waals surface area (Å²) in [7, 11) is -3.10. The first kappa shape index (κ1) is 23.7. The van der Waals surface area contributed by atoms with Gasteiger partial charge in [-0.2, -0.15) is 5.10 Å². The highest BCUT2D eigenvalue weighted by Crippen LogP contribution is 2.36. The molecule has 2 N–H and O–H groups in total. The summed E-state index contributed by atoms with van der Waals surface area (Å²) < 4.78 is 22.0. The summed E-state index contributed by atoms with van der Waals surface area (Å²) in [6.07, 6.45) is 1.29. The molecule has 0 aliphatic carbocycles. The minimum absolute atomic E-state index is 0.00263. The van der Waals surface area contributed by atoms with Gasteiger partial charge in [-0.1, -0.05) is 20.8 Å². The summed E-state index contributed by atoms with van der Waals surface area (Å²) in [5.74, 6) is 0.119. The van der Waals surface area contributed by atoms with Crippen LogP contribution in [0.4, 0.5) is 0 Å². The molecule has 32 heavy (non-hydrogen) atoms. The number of phosphoric ester groups is 1. The number of pyridine rings is 1. The number of hydrogen-bond donors (Lipinski definition) is 2. The first-order valence-corrected chi connectivity index (χ1v) is 11.2. The molecule has 2 heterocycles. The van der Waals surface area contributed by atoms with E-state index in [2.05, 4.69) is 14.6 Å². The van der Waals surface area contributed by atoms with E-state index in [-0.39, 0.29) is 29.3 Å². The summed E-state index contributed by atoms with van der Waals surface area (Å²) in [5, 5.41) is 4.98. The molecule has 0 bridgehead atoms. The van der Waals surface area contributed by atoms with Crippen LogP contribution in [-0.2, 0) is 27.0 Å². The lowest BCUT2D eigenvalue weighted by atomic mass is 9.91. The number of ketones is 2. The summed E-state index contributed by atoms with van der Waals surface area (Å²) in [5.41, 5.74) is 0.654. The highest BCUT2D eigenvalue weighted by molar-refractivity contribution is 7.46. The van der Waals surface area contributed by atoms with Crippen LogP contribution in [0.5, 0.6) is 5.75 Å². The average Bonchev–Trinajstić information content (AvgIpc) is 3.08. The topological polar surface area (TPSA) is 141 Å². The summed E-state index contributed by atoms with van der Waals surface area (Å²) in [6, 6.07) is 8.05. The minimum Gasteiger partial charge on any atom is -0.497 e. The van der Waals surface area contributed by atoms with Gasteiger partial charge in [0, 0.05) is 28.6 Å². The summed E-state index contributed by atoms with van der Waals surface area (Å²) >= 11 is 0. The van der Waals surface area contributed by atoms with Crippen molar-refractivity contribution in [2.24, 2.45) is 5.41 Å². The molecule has 170 valence electrons. The van der Waals surface area contributed by atoms with Crippen LogP contribution in [0.1, 0.15) is 42.5 Å². The van der Waals surface area contributed by atoms with Crippen LogP contribution < -0.4 is 4.74 Å². The van der Waals surface area contributed by atoms with Crippen molar-refractivity contribution in [1.29, 1.82) is 0 Å². The van der Waals surface area contributed by atoms with Crippen LogP contribution in [0.3, 0.4) is 0 Å². The smallest absolute Gasteiger partial charge is 0.469 e. The Bertz CT molecular complexity index is 1210. The van der Waals surface area contributed by atoms with Gasteiger partial charge in [-0.05, 0) is 24.3 Å². The number of fused-ring (bicyclic) bond motifs is 1. The number of carbonyl (C=O) groups excluding carboxylic acids is 2. The lowest BCUT2D eigenvalue weighted by molar-refractivity contribution is -0.127. The Morgan fingerprint density at radius 2 is 1.88 bits per heavy atom. The van der Waals surface area contributed by atoms with Crippen LogP contribution in [0.2, 0.25) is 0 Å². The Morgan fingerprint density at radius 1 is 1.16 bits per heavy atom. The van der Waals surface area contributed by atoms with Crippen LogP contribution >= 0.6 is 7.82 Å². The zero-order chi connectivity index (χ0) is 23.7. The van der Waals surface area contributed by atoms with Crippen molar-refractivity contribution >= 4 is 30.3 Å². The van der Waals surface area contributed by atoms with Crippen molar-refractivity contribution in [3.05, 3.63) is 53.5 Å².